The second kappa shape index (κ2) is 6.76. The van der Waals surface area contributed by atoms with Crippen LogP contribution in [-0.2, 0) is 0 Å². The van der Waals surface area contributed by atoms with Gasteiger partial charge >= 0.3 is 0 Å². The Kier molecular flexibility index (Phi) is 6.24. The highest BCUT2D eigenvalue weighted by molar-refractivity contribution is 8.04. The van der Waals surface area contributed by atoms with Gasteiger partial charge in [0.2, 0.25) is 0 Å². The van der Waals surface area contributed by atoms with Gasteiger partial charge in [0.25, 0.3) is 0 Å². The molecule has 64 valence electrons. The maximum atomic E-state index is 8.65. The van der Waals surface area contributed by atoms with Crippen molar-refractivity contribution in [3.8, 4) is 12.1 Å². The standard InChI is InChI=1S/C9H12N2S/c1-3-5-9(7-11)12-8(4-2)6-10/h5,8H,3-4H2,1-2H3/b9-5+. The van der Waals surface area contributed by atoms with Gasteiger partial charge in [-0.05, 0) is 12.8 Å². The minimum Gasteiger partial charge on any atom is -0.197 e. The molecule has 0 aromatic rings. The van der Waals surface area contributed by atoms with Gasteiger partial charge in [0.1, 0.15) is 6.07 Å². The minimum atomic E-state index is -0.0811. The van der Waals surface area contributed by atoms with E-state index in [1.165, 1.54) is 11.8 Å². The highest BCUT2D eigenvalue weighted by Gasteiger charge is 2.07. The molecule has 0 fully saturated rings. The summed E-state index contributed by atoms with van der Waals surface area (Å²) in [6, 6.07) is 4.22. The summed E-state index contributed by atoms with van der Waals surface area (Å²) in [7, 11) is 0. The van der Waals surface area contributed by atoms with Crippen LogP contribution in [0.25, 0.3) is 0 Å². The summed E-state index contributed by atoms with van der Waals surface area (Å²) in [5, 5.41) is 17.2. The topological polar surface area (TPSA) is 47.6 Å². The lowest BCUT2D eigenvalue weighted by Gasteiger charge is -2.02. The number of hydrogen-bond acceptors (Lipinski definition) is 3. The Balaban J connectivity index is 4.14. The summed E-state index contributed by atoms with van der Waals surface area (Å²) < 4.78 is 0. The summed E-state index contributed by atoms with van der Waals surface area (Å²) >= 11 is 1.35. The molecule has 1 unspecified atom stereocenters. The van der Waals surface area contributed by atoms with Gasteiger partial charge in [-0.3, -0.25) is 0 Å². The number of nitrogens with zero attached hydrogens (tertiary/aromatic N) is 2. The fourth-order valence-corrected chi connectivity index (χ4v) is 1.50. The van der Waals surface area contributed by atoms with Crippen molar-refractivity contribution >= 4 is 11.8 Å². The molecule has 2 nitrogen and oxygen atoms in total. The van der Waals surface area contributed by atoms with Crippen molar-refractivity contribution in [2.75, 3.05) is 0 Å². The lowest BCUT2D eigenvalue weighted by molar-refractivity contribution is 0.988. The number of rotatable bonds is 4. The normalized spacial score (nSPS) is 13.2. The largest absolute Gasteiger partial charge is 0.197 e. The zero-order valence-electron chi connectivity index (χ0n) is 7.37. The van der Waals surface area contributed by atoms with Crippen LogP contribution in [0, 0.1) is 22.7 Å². The third-order valence-corrected chi connectivity index (χ3v) is 2.52. The molecule has 12 heavy (non-hydrogen) atoms. The van der Waals surface area contributed by atoms with E-state index in [-0.39, 0.29) is 5.25 Å². The Labute approximate surface area is 77.9 Å². The summed E-state index contributed by atoms with van der Waals surface area (Å²) in [4.78, 5) is 0.658. The molecule has 0 heterocycles. The second-order valence-corrected chi connectivity index (χ2v) is 3.48. The van der Waals surface area contributed by atoms with Crippen LogP contribution >= 0.6 is 11.8 Å². The first-order valence-corrected chi connectivity index (χ1v) is 4.82. The zero-order valence-corrected chi connectivity index (χ0v) is 8.19. The SMILES string of the molecule is CC/C=C(\C#N)SC(C#N)CC. The van der Waals surface area contributed by atoms with Crippen molar-refractivity contribution in [2.24, 2.45) is 0 Å². The first-order valence-electron chi connectivity index (χ1n) is 3.95. The maximum Gasteiger partial charge on any atom is 0.106 e. The Bertz CT molecular complexity index is 232. The predicted molar refractivity (Wildman–Crippen MR) is 51.3 cm³/mol. The predicted octanol–water partition coefficient (Wildman–Crippen LogP) is 2.84. The van der Waals surface area contributed by atoms with Gasteiger partial charge in [0, 0.05) is 0 Å². The lowest BCUT2D eigenvalue weighted by atomic mass is 10.4. The summed E-state index contributed by atoms with van der Waals surface area (Å²) in [6.07, 6.45) is 3.48. The Morgan fingerprint density at radius 1 is 1.50 bits per heavy atom. The maximum absolute atomic E-state index is 8.65. The number of allylic oxidation sites excluding steroid dienone is 2. The average molecular weight is 180 g/mol. The minimum absolute atomic E-state index is 0.0811. The molecule has 0 aliphatic carbocycles. The third-order valence-electron chi connectivity index (χ3n) is 1.28. The van der Waals surface area contributed by atoms with Crippen molar-refractivity contribution in [1.29, 1.82) is 10.5 Å². The molecule has 0 aliphatic rings. The van der Waals surface area contributed by atoms with Gasteiger partial charge in [-0.25, -0.2) is 0 Å². The van der Waals surface area contributed by atoms with Crippen LogP contribution in [0.3, 0.4) is 0 Å². The van der Waals surface area contributed by atoms with E-state index in [0.717, 1.165) is 12.8 Å². The van der Waals surface area contributed by atoms with Crippen LogP contribution < -0.4 is 0 Å². The molecule has 0 spiro atoms. The summed E-state index contributed by atoms with van der Waals surface area (Å²) in [5.41, 5.74) is 0. The summed E-state index contributed by atoms with van der Waals surface area (Å²) in [6.45, 7) is 3.92. The van der Waals surface area contributed by atoms with E-state index in [1.807, 2.05) is 19.9 Å². The van der Waals surface area contributed by atoms with Gasteiger partial charge in [-0.1, -0.05) is 31.7 Å². The van der Waals surface area contributed by atoms with Gasteiger partial charge in [0.15, 0.2) is 0 Å². The molecule has 1 atom stereocenters. The number of thioether (sulfide) groups is 1. The molecule has 0 aromatic heterocycles. The Morgan fingerprint density at radius 2 is 2.17 bits per heavy atom. The molecule has 0 saturated heterocycles. The number of hydrogen-bond donors (Lipinski definition) is 0. The quantitative estimate of drug-likeness (QED) is 0.625. The molecular weight excluding hydrogens is 168 g/mol. The molecule has 3 heteroatoms. The number of nitriles is 2. The van der Waals surface area contributed by atoms with E-state index in [1.54, 1.807) is 0 Å². The monoisotopic (exact) mass is 180 g/mol. The molecule has 0 bridgehead atoms. The molecule has 0 N–H and O–H groups in total. The van der Waals surface area contributed by atoms with Crippen molar-refractivity contribution in [3.05, 3.63) is 11.0 Å². The second-order valence-electron chi connectivity index (χ2n) is 2.23. The Hall–Kier alpha value is -0.930. The highest BCUT2D eigenvalue weighted by Crippen LogP contribution is 2.23. The highest BCUT2D eigenvalue weighted by atomic mass is 32.2. The van der Waals surface area contributed by atoms with Crippen LogP contribution in [0.5, 0.6) is 0 Å². The molecule has 0 aliphatic heterocycles. The summed E-state index contributed by atoms with van der Waals surface area (Å²) in [5.74, 6) is 0. The van der Waals surface area contributed by atoms with Crippen LogP contribution in [0.1, 0.15) is 26.7 Å². The third kappa shape index (κ3) is 4.05. The molecule has 0 aromatic carbocycles. The fraction of sp³-hybridized carbons (Fsp3) is 0.556. The first kappa shape index (κ1) is 11.1. The van der Waals surface area contributed by atoms with Gasteiger partial charge in [-0.2, -0.15) is 10.5 Å². The van der Waals surface area contributed by atoms with E-state index < -0.39 is 0 Å². The van der Waals surface area contributed by atoms with Crippen molar-refractivity contribution < 1.29 is 0 Å². The molecular formula is C9H12N2S. The van der Waals surface area contributed by atoms with E-state index in [2.05, 4.69) is 12.1 Å². The molecule has 0 saturated carbocycles. The van der Waals surface area contributed by atoms with Gasteiger partial charge in [-0.15, -0.1) is 0 Å². The van der Waals surface area contributed by atoms with Crippen molar-refractivity contribution in [2.45, 2.75) is 31.9 Å². The van der Waals surface area contributed by atoms with Crippen LogP contribution in [0.4, 0.5) is 0 Å². The van der Waals surface area contributed by atoms with Crippen LogP contribution in [0.2, 0.25) is 0 Å². The van der Waals surface area contributed by atoms with Crippen molar-refractivity contribution in [3.63, 3.8) is 0 Å². The average Bonchev–Trinajstić information content (AvgIpc) is 2.12. The van der Waals surface area contributed by atoms with E-state index in [0.29, 0.717) is 4.91 Å². The van der Waals surface area contributed by atoms with Gasteiger partial charge < -0.3 is 0 Å². The molecule has 0 amide bonds. The first-order chi connectivity index (χ1) is 5.78. The van der Waals surface area contributed by atoms with E-state index in [4.69, 9.17) is 10.5 Å². The fourth-order valence-electron chi connectivity index (χ4n) is 0.660. The smallest absolute Gasteiger partial charge is 0.106 e. The van der Waals surface area contributed by atoms with Crippen LogP contribution in [-0.4, -0.2) is 5.25 Å². The Morgan fingerprint density at radius 3 is 2.50 bits per heavy atom. The molecule has 0 rings (SSSR count). The van der Waals surface area contributed by atoms with Gasteiger partial charge in [0.05, 0.1) is 16.2 Å². The molecule has 0 radical (unpaired) electrons. The zero-order chi connectivity index (χ0) is 9.40. The van der Waals surface area contributed by atoms with Crippen molar-refractivity contribution in [1.82, 2.24) is 0 Å². The lowest BCUT2D eigenvalue weighted by Crippen LogP contribution is -1.95. The van der Waals surface area contributed by atoms with E-state index in [9.17, 15) is 0 Å². The van der Waals surface area contributed by atoms with E-state index >= 15 is 0 Å². The van der Waals surface area contributed by atoms with Crippen LogP contribution in [0.15, 0.2) is 11.0 Å².